The monoisotopic (exact) mass is 251 g/mol. The van der Waals surface area contributed by atoms with Crippen molar-refractivity contribution in [3.8, 4) is 0 Å². The number of benzene rings is 1. The van der Waals surface area contributed by atoms with E-state index in [2.05, 4.69) is 5.32 Å². The van der Waals surface area contributed by atoms with Crippen molar-refractivity contribution in [2.24, 2.45) is 0 Å². The molecule has 100 valence electrons. The van der Waals surface area contributed by atoms with E-state index in [4.69, 9.17) is 10.2 Å². The summed E-state index contributed by atoms with van der Waals surface area (Å²) >= 11 is 0. The van der Waals surface area contributed by atoms with Crippen LogP contribution in [-0.4, -0.2) is 28.8 Å². The smallest absolute Gasteiger partial charge is 0.310 e. The molecule has 0 fully saturated rings. The van der Waals surface area contributed by atoms with Crippen LogP contribution in [0, 0.1) is 0 Å². The first-order valence-electron chi connectivity index (χ1n) is 6.24. The maximum absolute atomic E-state index is 10.8. The van der Waals surface area contributed by atoms with E-state index in [0.717, 1.165) is 17.5 Å². The highest BCUT2D eigenvalue weighted by Crippen LogP contribution is 2.16. The Morgan fingerprint density at radius 3 is 2.39 bits per heavy atom. The summed E-state index contributed by atoms with van der Waals surface area (Å²) in [5.74, 6) is -1.29. The van der Waals surface area contributed by atoms with E-state index < -0.39 is 11.9 Å². The van der Waals surface area contributed by atoms with Gasteiger partial charge in [-0.15, -0.1) is 0 Å². The number of carboxylic acids is 1. The molecule has 4 heteroatoms. The molecule has 0 saturated heterocycles. The first-order chi connectivity index (χ1) is 8.58. The van der Waals surface area contributed by atoms with Crippen molar-refractivity contribution in [2.75, 3.05) is 6.61 Å². The number of rotatable bonds is 7. The number of hydrogen-bond acceptors (Lipinski definition) is 3. The van der Waals surface area contributed by atoms with Gasteiger partial charge >= 0.3 is 5.97 Å². The van der Waals surface area contributed by atoms with Crippen molar-refractivity contribution in [2.45, 2.75) is 38.8 Å². The normalized spacial score (nSPS) is 14.2. The number of nitrogens with one attached hydrogen (secondary N) is 1. The van der Waals surface area contributed by atoms with Gasteiger partial charge in [-0.2, -0.15) is 0 Å². The van der Waals surface area contributed by atoms with E-state index >= 15 is 0 Å². The first kappa shape index (κ1) is 14.7. The Morgan fingerprint density at radius 1 is 1.33 bits per heavy atom. The second-order valence-corrected chi connectivity index (χ2v) is 4.47. The first-order valence-corrected chi connectivity index (χ1v) is 6.24. The Kier molecular flexibility index (Phi) is 5.82. The molecule has 0 radical (unpaired) electrons. The summed E-state index contributed by atoms with van der Waals surface area (Å²) < 4.78 is 0. The molecular formula is C14H21NO3. The number of aliphatic hydroxyl groups excluding tert-OH is 1. The lowest BCUT2D eigenvalue weighted by Crippen LogP contribution is -2.31. The van der Waals surface area contributed by atoms with Gasteiger partial charge in [-0.3, -0.25) is 4.79 Å². The van der Waals surface area contributed by atoms with Crippen LogP contribution in [0.2, 0.25) is 0 Å². The molecule has 0 amide bonds. The summed E-state index contributed by atoms with van der Waals surface area (Å²) in [6.07, 6.45) is 0.880. The highest BCUT2D eigenvalue weighted by atomic mass is 16.4. The van der Waals surface area contributed by atoms with E-state index in [1.54, 1.807) is 6.92 Å². The number of carbonyl (C=O) groups is 1. The average Bonchev–Trinajstić information content (AvgIpc) is 2.39. The van der Waals surface area contributed by atoms with Crippen LogP contribution in [0.1, 0.15) is 37.3 Å². The van der Waals surface area contributed by atoms with Crippen LogP contribution in [0.4, 0.5) is 0 Å². The molecule has 0 heterocycles. The molecule has 2 unspecified atom stereocenters. The minimum absolute atomic E-state index is 0.114. The topological polar surface area (TPSA) is 69.6 Å². The zero-order chi connectivity index (χ0) is 13.5. The Balaban J connectivity index is 2.58. The van der Waals surface area contributed by atoms with Gasteiger partial charge in [-0.1, -0.05) is 31.2 Å². The highest BCUT2D eigenvalue weighted by Gasteiger charge is 2.13. The molecule has 4 nitrogen and oxygen atoms in total. The quantitative estimate of drug-likeness (QED) is 0.690. The van der Waals surface area contributed by atoms with Gasteiger partial charge in [0.2, 0.25) is 0 Å². The summed E-state index contributed by atoms with van der Waals surface area (Å²) in [6, 6.07) is 7.64. The van der Waals surface area contributed by atoms with Gasteiger partial charge in [0.1, 0.15) is 0 Å². The minimum atomic E-state index is -0.813. The fourth-order valence-corrected chi connectivity index (χ4v) is 1.67. The molecule has 0 bridgehead atoms. The molecule has 0 aliphatic heterocycles. The van der Waals surface area contributed by atoms with Crippen molar-refractivity contribution in [3.63, 3.8) is 0 Å². The third-order valence-corrected chi connectivity index (χ3v) is 3.16. The molecule has 0 aliphatic rings. The minimum Gasteiger partial charge on any atom is -0.481 e. The molecule has 3 N–H and O–H groups in total. The SMILES string of the molecule is CCC(CO)NCc1ccc(C(C)C(=O)O)cc1. The summed E-state index contributed by atoms with van der Waals surface area (Å²) in [5.41, 5.74) is 1.89. The highest BCUT2D eigenvalue weighted by molar-refractivity contribution is 5.75. The second-order valence-electron chi connectivity index (χ2n) is 4.47. The Labute approximate surface area is 108 Å². The number of carboxylic acid groups (broad SMARTS) is 1. The number of aliphatic carboxylic acids is 1. The molecule has 1 aromatic rings. The Morgan fingerprint density at radius 2 is 1.94 bits per heavy atom. The van der Waals surface area contributed by atoms with Gasteiger partial charge in [0.05, 0.1) is 12.5 Å². The zero-order valence-electron chi connectivity index (χ0n) is 10.9. The van der Waals surface area contributed by atoms with Gasteiger partial charge in [0.15, 0.2) is 0 Å². The summed E-state index contributed by atoms with van der Waals surface area (Å²) in [4.78, 5) is 10.8. The van der Waals surface area contributed by atoms with E-state index in [0.29, 0.717) is 6.54 Å². The van der Waals surface area contributed by atoms with Crippen LogP contribution in [0.5, 0.6) is 0 Å². The van der Waals surface area contributed by atoms with Crippen LogP contribution >= 0.6 is 0 Å². The summed E-state index contributed by atoms with van der Waals surface area (Å²) in [7, 11) is 0. The standard InChI is InChI=1S/C14H21NO3/c1-3-13(9-16)15-8-11-4-6-12(7-5-11)10(2)14(17)18/h4-7,10,13,15-16H,3,8-9H2,1-2H3,(H,17,18). The zero-order valence-corrected chi connectivity index (χ0v) is 10.9. The van der Waals surface area contributed by atoms with Gasteiger partial charge in [-0.05, 0) is 24.5 Å². The van der Waals surface area contributed by atoms with Crippen LogP contribution in [0.3, 0.4) is 0 Å². The average molecular weight is 251 g/mol. The summed E-state index contributed by atoms with van der Waals surface area (Å²) in [5, 5.41) is 21.2. The Bertz CT molecular complexity index is 371. The molecule has 0 spiro atoms. The van der Waals surface area contributed by atoms with Crippen LogP contribution in [-0.2, 0) is 11.3 Å². The van der Waals surface area contributed by atoms with Gasteiger partial charge < -0.3 is 15.5 Å². The molecule has 0 saturated carbocycles. The molecule has 2 atom stereocenters. The van der Waals surface area contributed by atoms with Crippen molar-refractivity contribution in [3.05, 3.63) is 35.4 Å². The molecule has 0 aliphatic carbocycles. The number of hydrogen-bond donors (Lipinski definition) is 3. The van der Waals surface area contributed by atoms with E-state index in [1.165, 1.54) is 0 Å². The summed E-state index contributed by atoms with van der Waals surface area (Å²) in [6.45, 7) is 4.51. The van der Waals surface area contributed by atoms with Crippen molar-refractivity contribution < 1.29 is 15.0 Å². The third-order valence-electron chi connectivity index (χ3n) is 3.16. The van der Waals surface area contributed by atoms with E-state index in [9.17, 15) is 4.79 Å². The second kappa shape index (κ2) is 7.13. The van der Waals surface area contributed by atoms with Crippen LogP contribution in [0.15, 0.2) is 24.3 Å². The lowest BCUT2D eigenvalue weighted by Gasteiger charge is -2.14. The van der Waals surface area contributed by atoms with E-state index in [-0.39, 0.29) is 12.6 Å². The maximum Gasteiger partial charge on any atom is 0.310 e. The fraction of sp³-hybridized carbons (Fsp3) is 0.500. The largest absolute Gasteiger partial charge is 0.481 e. The third kappa shape index (κ3) is 4.13. The van der Waals surface area contributed by atoms with Gasteiger partial charge in [0, 0.05) is 12.6 Å². The maximum atomic E-state index is 10.8. The molecule has 1 aromatic carbocycles. The molecular weight excluding hydrogens is 230 g/mol. The van der Waals surface area contributed by atoms with Crippen molar-refractivity contribution in [1.29, 1.82) is 0 Å². The van der Waals surface area contributed by atoms with Crippen LogP contribution < -0.4 is 5.32 Å². The fourth-order valence-electron chi connectivity index (χ4n) is 1.67. The molecule has 0 aromatic heterocycles. The predicted molar refractivity (Wildman–Crippen MR) is 70.5 cm³/mol. The Hall–Kier alpha value is -1.39. The van der Waals surface area contributed by atoms with Crippen molar-refractivity contribution in [1.82, 2.24) is 5.32 Å². The van der Waals surface area contributed by atoms with Crippen LogP contribution in [0.25, 0.3) is 0 Å². The lowest BCUT2D eigenvalue weighted by molar-refractivity contribution is -0.138. The van der Waals surface area contributed by atoms with E-state index in [1.807, 2.05) is 31.2 Å². The number of aliphatic hydroxyl groups is 1. The lowest BCUT2D eigenvalue weighted by atomic mass is 10.00. The van der Waals surface area contributed by atoms with Crippen molar-refractivity contribution >= 4 is 5.97 Å². The molecule has 1 rings (SSSR count). The predicted octanol–water partition coefficient (Wildman–Crippen LogP) is 1.74. The van der Waals surface area contributed by atoms with Gasteiger partial charge in [-0.25, -0.2) is 0 Å². The molecule has 18 heavy (non-hydrogen) atoms. The van der Waals surface area contributed by atoms with Gasteiger partial charge in [0.25, 0.3) is 0 Å².